The van der Waals surface area contributed by atoms with E-state index in [2.05, 4.69) is 4.98 Å². The third-order valence-electron chi connectivity index (χ3n) is 2.03. The maximum atomic E-state index is 12.7. The molecule has 0 aliphatic rings. The molecule has 2 rings (SSSR count). The number of pyridine rings is 1. The van der Waals surface area contributed by atoms with Gasteiger partial charge in [-0.2, -0.15) is 0 Å². The van der Waals surface area contributed by atoms with E-state index in [1.54, 1.807) is 6.07 Å². The van der Waals surface area contributed by atoms with Gasteiger partial charge in [0.25, 0.3) is 0 Å². The number of rotatable bonds is 2. The van der Waals surface area contributed by atoms with Gasteiger partial charge < -0.3 is 0 Å². The van der Waals surface area contributed by atoms with Gasteiger partial charge in [0, 0.05) is 11.6 Å². The molecule has 2 nitrogen and oxygen atoms in total. The summed E-state index contributed by atoms with van der Waals surface area (Å²) < 4.78 is 12.7. The first kappa shape index (κ1) is 9.52. The van der Waals surface area contributed by atoms with Crippen LogP contribution in [0.5, 0.6) is 0 Å². The Morgan fingerprint density at radius 1 is 1.33 bits per heavy atom. The van der Waals surface area contributed by atoms with Gasteiger partial charge in [0.15, 0.2) is 12.1 Å². The lowest BCUT2D eigenvalue weighted by atomic mass is 10.1. The molecule has 0 atom stereocenters. The molecule has 0 spiro atoms. The van der Waals surface area contributed by atoms with Crippen LogP contribution in [0.2, 0.25) is 0 Å². The maximum absolute atomic E-state index is 12.7. The number of halogens is 1. The van der Waals surface area contributed by atoms with Crippen molar-refractivity contribution in [2.24, 2.45) is 0 Å². The van der Waals surface area contributed by atoms with Crippen LogP contribution in [0.1, 0.15) is 5.56 Å². The fraction of sp³-hybridized carbons (Fsp3) is 0. The summed E-state index contributed by atoms with van der Waals surface area (Å²) in [6.07, 6.45) is 2.87. The van der Waals surface area contributed by atoms with Crippen LogP contribution in [-0.4, -0.2) is 11.3 Å². The zero-order valence-corrected chi connectivity index (χ0v) is 7.85. The highest BCUT2D eigenvalue weighted by Gasteiger charge is 1.96. The molecule has 0 aliphatic heterocycles. The summed E-state index contributed by atoms with van der Waals surface area (Å²) in [7, 11) is 0. The second kappa shape index (κ2) is 4.00. The van der Waals surface area contributed by atoms with Crippen LogP contribution in [0.3, 0.4) is 0 Å². The third kappa shape index (κ3) is 2.07. The molecule has 15 heavy (non-hydrogen) atoms. The predicted molar refractivity (Wildman–Crippen MR) is 56.9 cm³/mol. The molecular formula is C12H8FNO. The number of allylic oxidation sites excluding steroid dienone is 1. The van der Waals surface area contributed by atoms with Crippen LogP contribution in [0.4, 0.5) is 4.39 Å². The number of carbonyl (C=O) groups is 1. The second-order valence-corrected chi connectivity index (χ2v) is 3.11. The number of para-hydroxylation sites is 1. The molecule has 0 unspecified atom stereocenters. The number of hydrogen-bond acceptors (Lipinski definition) is 2. The monoisotopic (exact) mass is 201 g/mol. The van der Waals surface area contributed by atoms with Crippen LogP contribution >= 0.6 is 0 Å². The molecule has 0 saturated heterocycles. The molecule has 1 aromatic carbocycles. The standard InChI is InChI=1S/C12H8FNO/c13-11(8-15)6-9-5-10-3-1-2-4-12(10)14-7-9/h1-8H/b11-6+. The van der Waals surface area contributed by atoms with Crippen LogP contribution < -0.4 is 0 Å². The number of benzene rings is 1. The summed E-state index contributed by atoms with van der Waals surface area (Å²) in [6, 6.07) is 9.31. The van der Waals surface area contributed by atoms with Crippen LogP contribution in [-0.2, 0) is 4.79 Å². The molecule has 0 N–H and O–H groups in total. The fourth-order valence-electron chi connectivity index (χ4n) is 1.36. The minimum absolute atomic E-state index is 0.176. The highest BCUT2D eigenvalue weighted by Crippen LogP contribution is 2.14. The number of fused-ring (bicyclic) bond motifs is 1. The number of hydrogen-bond donors (Lipinski definition) is 0. The minimum atomic E-state index is -0.799. The van der Waals surface area contributed by atoms with E-state index >= 15 is 0 Å². The lowest BCUT2D eigenvalue weighted by Crippen LogP contribution is -1.82. The summed E-state index contributed by atoms with van der Waals surface area (Å²) >= 11 is 0. The Bertz CT molecular complexity index is 534. The summed E-state index contributed by atoms with van der Waals surface area (Å²) in [4.78, 5) is 14.3. The first-order chi connectivity index (χ1) is 7.29. The molecule has 0 bridgehead atoms. The van der Waals surface area contributed by atoms with Gasteiger partial charge in [-0.1, -0.05) is 18.2 Å². The van der Waals surface area contributed by atoms with E-state index in [0.29, 0.717) is 5.56 Å². The molecule has 3 heteroatoms. The van der Waals surface area contributed by atoms with Crippen LogP contribution in [0.25, 0.3) is 17.0 Å². The second-order valence-electron chi connectivity index (χ2n) is 3.11. The highest BCUT2D eigenvalue weighted by molar-refractivity contribution is 5.83. The summed E-state index contributed by atoms with van der Waals surface area (Å²) in [6.45, 7) is 0. The average molecular weight is 201 g/mol. The Balaban J connectivity index is 2.52. The van der Waals surface area contributed by atoms with Gasteiger partial charge in [-0.05, 0) is 23.8 Å². The third-order valence-corrected chi connectivity index (χ3v) is 2.03. The van der Waals surface area contributed by atoms with E-state index in [-0.39, 0.29) is 6.29 Å². The van der Waals surface area contributed by atoms with E-state index < -0.39 is 5.83 Å². The molecule has 0 radical (unpaired) electrons. The molecule has 1 heterocycles. The summed E-state index contributed by atoms with van der Waals surface area (Å²) in [5, 5.41) is 0.921. The lowest BCUT2D eigenvalue weighted by molar-refractivity contribution is -0.106. The average Bonchev–Trinajstić information content (AvgIpc) is 2.29. The number of nitrogens with zero attached hydrogens (tertiary/aromatic N) is 1. The molecule has 2 aromatic rings. The molecule has 0 fully saturated rings. The van der Waals surface area contributed by atoms with Crippen molar-refractivity contribution in [1.29, 1.82) is 0 Å². The normalized spacial score (nSPS) is 11.7. The van der Waals surface area contributed by atoms with Crippen molar-refractivity contribution >= 4 is 23.3 Å². The molecule has 0 amide bonds. The zero-order valence-electron chi connectivity index (χ0n) is 7.85. The molecule has 1 aromatic heterocycles. The predicted octanol–water partition coefficient (Wildman–Crippen LogP) is 2.74. The molecule has 0 saturated carbocycles. The van der Waals surface area contributed by atoms with Gasteiger partial charge in [0.1, 0.15) is 0 Å². The Kier molecular flexibility index (Phi) is 2.54. The number of carbonyl (C=O) groups excluding carboxylic acids is 1. The first-order valence-electron chi connectivity index (χ1n) is 4.47. The smallest absolute Gasteiger partial charge is 0.178 e. The van der Waals surface area contributed by atoms with E-state index in [4.69, 9.17) is 0 Å². The Hall–Kier alpha value is -2.03. The Labute approximate surface area is 86.1 Å². The van der Waals surface area contributed by atoms with Gasteiger partial charge in [-0.25, -0.2) is 4.39 Å². The Morgan fingerprint density at radius 3 is 2.93 bits per heavy atom. The van der Waals surface area contributed by atoms with Crippen molar-refractivity contribution in [2.45, 2.75) is 0 Å². The lowest BCUT2D eigenvalue weighted by Gasteiger charge is -1.97. The molecule has 0 aliphatic carbocycles. The topological polar surface area (TPSA) is 30.0 Å². The van der Waals surface area contributed by atoms with Crippen molar-refractivity contribution in [1.82, 2.24) is 4.98 Å². The van der Waals surface area contributed by atoms with Crippen molar-refractivity contribution < 1.29 is 9.18 Å². The van der Waals surface area contributed by atoms with Crippen molar-refractivity contribution in [2.75, 3.05) is 0 Å². The largest absolute Gasteiger partial charge is 0.295 e. The maximum Gasteiger partial charge on any atom is 0.178 e. The highest BCUT2D eigenvalue weighted by atomic mass is 19.1. The van der Waals surface area contributed by atoms with Crippen molar-refractivity contribution in [3.63, 3.8) is 0 Å². The number of aromatic nitrogens is 1. The van der Waals surface area contributed by atoms with Crippen molar-refractivity contribution in [3.8, 4) is 0 Å². The van der Waals surface area contributed by atoms with E-state index in [1.807, 2.05) is 24.3 Å². The molecule has 74 valence electrons. The zero-order chi connectivity index (χ0) is 10.7. The summed E-state index contributed by atoms with van der Waals surface area (Å²) in [5.41, 5.74) is 1.43. The SMILES string of the molecule is O=C/C(F)=C\c1cnc2ccccc2c1. The van der Waals surface area contributed by atoms with Crippen LogP contribution in [0.15, 0.2) is 42.4 Å². The van der Waals surface area contributed by atoms with Crippen LogP contribution in [0, 0.1) is 0 Å². The van der Waals surface area contributed by atoms with E-state index in [0.717, 1.165) is 17.0 Å². The first-order valence-corrected chi connectivity index (χ1v) is 4.47. The van der Waals surface area contributed by atoms with E-state index in [9.17, 15) is 9.18 Å². The van der Waals surface area contributed by atoms with Crippen molar-refractivity contribution in [3.05, 3.63) is 47.9 Å². The number of aldehydes is 1. The Morgan fingerprint density at radius 2 is 2.13 bits per heavy atom. The van der Waals surface area contributed by atoms with E-state index in [1.165, 1.54) is 6.20 Å². The minimum Gasteiger partial charge on any atom is -0.295 e. The quantitative estimate of drug-likeness (QED) is 0.552. The van der Waals surface area contributed by atoms with Gasteiger partial charge in [-0.3, -0.25) is 9.78 Å². The van der Waals surface area contributed by atoms with Gasteiger partial charge >= 0.3 is 0 Å². The fourth-order valence-corrected chi connectivity index (χ4v) is 1.36. The van der Waals surface area contributed by atoms with Gasteiger partial charge in [-0.15, -0.1) is 0 Å². The van der Waals surface area contributed by atoms with Gasteiger partial charge in [0.2, 0.25) is 0 Å². The van der Waals surface area contributed by atoms with Gasteiger partial charge in [0.05, 0.1) is 5.52 Å². The summed E-state index contributed by atoms with van der Waals surface area (Å²) in [5.74, 6) is -0.799. The molecular weight excluding hydrogens is 193 g/mol.